The summed E-state index contributed by atoms with van der Waals surface area (Å²) in [5.74, 6) is 0.154. The fourth-order valence-electron chi connectivity index (χ4n) is 6.21. The summed E-state index contributed by atoms with van der Waals surface area (Å²) in [7, 11) is 0. The molecule has 0 bridgehead atoms. The van der Waals surface area contributed by atoms with Gasteiger partial charge >= 0.3 is 0 Å². The van der Waals surface area contributed by atoms with Gasteiger partial charge in [0.15, 0.2) is 0 Å². The van der Waals surface area contributed by atoms with E-state index >= 15 is 0 Å². The predicted octanol–water partition coefficient (Wildman–Crippen LogP) is 7.53. The third-order valence-electron chi connectivity index (χ3n) is 8.24. The Hall–Kier alpha value is -3.59. The number of Topliss-reactive ketones (excluding diaryl/α,β-unsaturated/α-hetero) is 1. The number of carbonyl (C=O) groups excluding carboxylic acids is 1. The van der Waals surface area contributed by atoms with Crippen molar-refractivity contribution in [1.82, 2.24) is 0 Å². The van der Waals surface area contributed by atoms with E-state index in [4.69, 9.17) is 0 Å². The maximum Gasteiger partial charge on any atom is 0.149 e. The Kier molecular flexibility index (Phi) is 5.70. The van der Waals surface area contributed by atoms with E-state index in [0.29, 0.717) is 6.54 Å². The summed E-state index contributed by atoms with van der Waals surface area (Å²) in [4.78, 5) is 14.6. The van der Waals surface area contributed by atoms with E-state index in [0.717, 1.165) is 17.8 Å². The zero-order valence-corrected chi connectivity index (χ0v) is 22.4. The van der Waals surface area contributed by atoms with Gasteiger partial charge in [-0.2, -0.15) is 0 Å². The van der Waals surface area contributed by atoms with Crippen LogP contribution in [-0.2, 0) is 15.6 Å². The lowest BCUT2D eigenvalue weighted by molar-refractivity contribution is -0.405. The lowest BCUT2D eigenvalue weighted by Gasteiger charge is -2.28. The maximum atomic E-state index is 12.4. The van der Waals surface area contributed by atoms with Crippen molar-refractivity contribution in [3.63, 3.8) is 0 Å². The van der Waals surface area contributed by atoms with Crippen molar-refractivity contribution >= 4 is 34.6 Å². The molecule has 0 N–H and O–H groups in total. The molecule has 3 aromatic rings. The number of fused-ring (bicyclic) bond motifs is 4. The summed E-state index contributed by atoms with van der Waals surface area (Å²) in [6.45, 7) is 17.6. The largest absolute Gasteiger partial charge is 0.337 e. The molecular formula is C33H36N2O. The molecule has 5 rings (SSSR count). The minimum absolute atomic E-state index is 0.0890. The van der Waals surface area contributed by atoms with Gasteiger partial charge in [0.1, 0.15) is 17.5 Å². The van der Waals surface area contributed by atoms with Crippen LogP contribution in [0.15, 0.2) is 78.5 Å². The number of aryl methyl sites for hydroxylation is 1. The average Bonchev–Trinajstić information content (AvgIpc) is 3.19. The van der Waals surface area contributed by atoms with Crippen molar-refractivity contribution in [3.05, 3.63) is 101 Å². The Morgan fingerprint density at radius 1 is 1.11 bits per heavy atom. The van der Waals surface area contributed by atoms with Crippen LogP contribution in [0.2, 0.25) is 0 Å². The van der Waals surface area contributed by atoms with E-state index in [1.807, 2.05) is 0 Å². The highest BCUT2D eigenvalue weighted by Gasteiger charge is 2.45. The van der Waals surface area contributed by atoms with Gasteiger partial charge in [0, 0.05) is 22.2 Å². The number of anilines is 1. The molecule has 2 aliphatic rings. The molecule has 0 saturated carbocycles. The maximum absolute atomic E-state index is 12.4. The molecule has 2 heterocycles. The van der Waals surface area contributed by atoms with Crippen molar-refractivity contribution < 1.29 is 9.37 Å². The van der Waals surface area contributed by atoms with Crippen molar-refractivity contribution in [2.24, 2.45) is 0 Å². The Labute approximate surface area is 215 Å². The van der Waals surface area contributed by atoms with E-state index in [9.17, 15) is 4.79 Å². The number of para-hydroxylation sites is 1. The Balaban J connectivity index is 1.60. The number of ketones is 1. The number of benzene rings is 3. The van der Waals surface area contributed by atoms with Crippen LogP contribution in [0.5, 0.6) is 0 Å². The molecule has 3 nitrogen and oxygen atoms in total. The molecule has 0 spiro atoms. The van der Waals surface area contributed by atoms with Crippen molar-refractivity contribution in [3.8, 4) is 0 Å². The van der Waals surface area contributed by atoms with E-state index in [1.54, 1.807) is 6.92 Å². The van der Waals surface area contributed by atoms with Crippen LogP contribution in [0.1, 0.15) is 57.7 Å². The van der Waals surface area contributed by atoms with Crippen molar-refractivity contribution in [2.75, 3.05) is 11.4 Å². The normalized spacial score (nSPS) is 21.6. The van der Waals surface area contributed by atoms with Crippen LogP contribution in [-0.4, -0.2) is 23.6 Å². The van der Waals surface area contributed by atoms with Gasteiger partial charge in [0.2, 0.25) is 0 Å². The molecule has 2 aliphatic heterocycles. The fraction of sp³-hybridized carbons (Fsp3) is 0.303. The molecule has 1 atom stereocenters. The topological polar surface area (TPSA) is 23.3 Å². The van der Waals surface area contributed by atoms with Crippen LogP contribution >= 0.6 is 0 Å². The minimum Gasteiger partial charge on any atom is -0.337 e. The Morgan fingerprint density at radius 3 is 2.56 bits per heavy atom. The molecule has 0 amide bonds. The van der Waals surface area contributed by atoms with Crippen LogP contribution in [0.4, 0.5) is 11.4 Å². The molecule has 0 radical (unpaired) electrons. The van der Waals surface area contributed by atoms with E-state index < -0.39 is 0 Å². The van der Waals surface area contributed by atoms with Gasteiger partial charge in [-0.3, -0.25) is 9.37 Å². The van der Waals surface area contributed by atoms with E-state index in [-0.39, 0.29) is 16.6 Å². The van der Waals surface area contributed by atoms with Gasteiger partial charge in [-0.25, -0.2) is 0 Å². The SMILES string of the molecule is C=[N+]1c2ccccc2C(C)(CC)[C-]1C=CC=C1N(CC(C)=O)c2ccc3ccc(C)cc3c2C1(C)C. The molecule has 0 saturated heterocycles. The number of allylic oxidation sites excluding steroid dienone is 3. The number of rotatable bonds is 5. The van der Waals surface area contributed by atoms with Crippen LogP contribution in [0.25, 0.3) is 10.8 Å². The van der Waals surface area contributed by atoms with Gasteiger partial charge in [0.05, 0.1) is 13.3 Å². The number of hydrogen-bond acceptors (Lipinski definition) is 2. The summed E-state index contributed by atoms with van der Waals surface area (Å²) in [5, 5.41) is 2.50. The minimum atomic E-state index is -0.246. The summed E-state index contributed by atoms with van der Waals surface area (Å²) in [6.07, 6.45) is 7.54. The van der Waals surface area contributed by atoms with Crippen LogP contribution in [0.3, 0.4) is 0 Å². The first-order chi connectivity index (χ1) is 17.1. The molecule has 1 unspecified atom stereocenters. The van der Waals surface area contributed by atoms with Gasteiger partial charge in [-0.1, -0.05) is 87.9 Å². The predicted molar refractivity (Wildman–Crippen MR) is 151 cm³/mol. The molecule has 184 valence electrons. The first-order valence-corrected chi connectivity index (χ1v) is 12.9. The van der Waals surface area contributed by atoms with E-state index in [2.05, 4.69) is 124 Å². The molecule has 0 fully saturated rings. The summed E-state index contributed by atoms with van der Waals surface area (Å²) < 4.78 is 2.08. The molecule has 0 aromatic heterocycles. The molecular weight excluding hydrogens is 440 g/mol. The lowest BCUT2D eigenvalue weighted by atomic mass is 9.76. The third-order valence-corrected chi connectivity index (χ3v) is 8.24. The van der Waals surface area contributed by atoms with Crippen LogP contribution in [0, 0.1) is 13.0 Å². The van der Waals surface area contributed by atoms with Crippen LogP contribution < -0.4 is 4.90 Å². The Bertz CT molecular complexity index is 1460. The van der Waals surface area contributed by atoms with Gasteiger partial charge < -0.3 is 4.90 Å². The quantitative estimate of drug-likeness (QED) is 0.281. The van der Waals surface area contributed by atoms with Crippen molar-refractivity contribution in [1.29, 1.82) is 0 Å². The average molecular weight is 477 g/mol. The highest BCUT2D eigenvalue weighted by Crippen LogP contribution is 2.52. The molecule has 3 aromatic carbocycles. The smallest absolute Gasteiger partial charge is 0.149 e. The first-order valence-electron chi connectivity index (χ1n) is 12.9. The second-order valence-corrected chi connectivity index (χ2v) is 11.0. The second kappa shape index (κ2) is 8.51. The van der Waals surface area contributed by atoms with Gasteiger partial charge in [-0.15, -0.1) is 6.08 Å². The first kappa shape index (κ1) is 24.1. The summed E-state index contributed by atoms with van der Waals surface area (Å²) in [6, 6.07) is 20.7. The van der Waals surface area contributed by atoms with Gasteiger partial charge in [-0.05, 0) is 54.3 Å². The number of carbonyl (C=O) groups is 1. The highest BCUT2D eigenvalue weighted by atomic mass is 16.1. The monoisotopic (exact) mass is 476 g/mol. The second-order valence-electron chi connectivity index (χ2n) is 11.0. The van der Waals surface area contributed by atoms with E-state index in [1.165, 1.54) is 39.2 Å². The van der Waals surface area contributed by atoms with Gasteiger partial charge in [0.25, 0.3) is 0 Å². The number of nitrogens with zero attached hydrogens (tertiary/aromatic N) is 2. The lowest BCUT2D eigenvalue weighted by Crippen LogP contribution is -2.30. The highest BCUT2D eigenvalue weighted by molar-refractivity contribution is 5.97. The third kappa shape index (κ3) is 3.52. The zero-order valence-electron chi connectivity index (χ0n) is 22.4. The zero-order chi connectivity index (χ0) is 25.8. The standard InChI is InChI=1S/C33H36N2O/c1-8-33(6)26-12-9-10-13-27(26)34(7)30(33)15-11-14-29-32(4,5)31-25-20-22(2)16-17-24(25)18-19-28(31)35(29)21-23(3)36/h9-20H,7-8,21H2,1-6H3. The van der Waals surface area contributed by atoms with Crippen molar-refractivity contribution in [2.45, 2.75) is 58.8 Å². The molecule has 36 heavy (non-hydrogen) atoms. The summed E-state index contributed by atoms with van der Waals surface area (Å²) in [5.41, 5.74) is 6.97. The fourth-order valence-corrected chi connectivity index (χ4v) is 6.21. The molecule has 0 aliphatic carbocycles. The molecule has 3 heteroatoms. The summed E-state index contributed by atoms with van der Waals surface area (Å²) >= 11 is 0. The number of hydrogen-bond donors (Lipinski definition) is 0. The Morgan fingerprint density at radius 2 is 1.83 bits per heavy atom.